The van der Waals surface area contributed by atoms with Crippen LogP contribution >= 0.6 is 0 Å². The Kier molecular flexibility index (Phi) is 5.83. The van der Waals surface area contributed by atoms with Crippen molar-refractivity contribution in [1.29, 1.82) is 0 Å². The molecule has 20 heavy (non-hydrogen) atoms. The average Bonchev–Trinajstić information content (AvgIpc) is 2.95. The number of aliphatic hydroxyl groups excluding tert-OH is 1. The minimum absolute atomic E-state index is 0.00513. The highest BCUT2D eigenvalue weighted by molar-refractivity contribution is 5.68. The van der Waals surface area contributed by atoms with Crippen molar-refractivity contribution in [3.63, 3.8) is 0 Å². The highest BCUT2D eigenvalue weighted by Crippen LogP contribution is 2.19. The third kappa shape index (κ3) is 4.21. The lowest BCUT2D eigenvalue weighted by molar-refractivity contribution is 0.0421. The first-order valence-corrected chi connectivity index (χ1v) is 6.97. The van der Waals surface area contributed by atoms with Crippen molar-refractivity contribution < 1.29 is 19.4 Å². The lowest BCUT2D eigenvalue weighted by Crippen LogP contribution is -2.38. The van der Waals surface area contributed by atoms with E-state index in [4.69, 9.17) is 14.6 Å². The van der Waals surface area contributed by atoms with Crippen molar-refractivity contribution in [2.24, 2.45) is 0 Å². The smallest absolute Gasteiger partial charge is 0.410 e. The van der Waals surface area contributed by atoms with Gasteiger partial charge in [-0.05, 0) is 18.4 Å². The first-order chi connectivity index (χ1) is 9.81. The highest BCUT2D eigenvalue weighted by atomic mass is 16.6. The van der Waals surface area contributed by atoms with E-state index in [1.165, 1.54) is 0 Å². The molecule has 1 amide bonds. The van der Waals surface area contributed by atoms with Crippen LogP contribution in [-0.2, 0) is 16.1 Å². The molecule has 1 saturated heterocycles. The lowest BCUT2D eigenvalue weighted by Gasteiger charge is -2.23. The van der Waals surface area contributed by atoms with Gasteiger partial charge in [-0.2, -0.15) is 0 Å². The molecule has 110 valence electrons. The Morgan fingerprint density at radius 3 is 2.90 bits per heavy atom. The van der Waals surface area contributed by atoms with Crippen molar-refractivity contribution in [2.45, 2.75) is 25.5 Å². The zero-order valence-electron chi connectivity index (χ0n) is 11.5. The Morgan fingerprint density at radius 1 is 1.35 bits per heavy atom. The van der Waals surface area contributed by atoms with Gasteiger partial charge in [0.2, 0.25) is 0 Å². The van der Waals surface area contributed by atoms with E-state index in [2.05, 4.69) is 0 Å². The molecule has 1 aliphatic rings. The van der Waals surface area contributed by atoms with Crippen molar-refractivity contribution in [1.82, 2.24) is 4.90 Å². The number of carbonyl (C=O) groups excluding carboxylic acids is 1. The summed E-state index contributed by atoms with van der Waals surface area (Å²) >= 11 is 0. The van der Waals surface area contributed by atoms with Crippen molar-refractivity contribution in [2.75, 3.05) is 26.4 Å². The van der Waals surface area contributed by atoms with Gasteiger partial charge in [0.25, 0.3) is 0 Å². The van der Waals surface area contributed by atoms with Crippen LogP contribution in [0.15, 0.2) is 30.3 Å². The fraction of sp³-hybridized carbons (Fsp3) is 0.533. The van der Waals surface area contributed by atoms with Crippen LogP contribution in [-0.4, -0.2) is 48.5 Å². The van der Waals surface area contributed by atoms with Gasteiger partial charge in [0.05, 0.1) is 25.9 Å². The molecule has 0 radical (unpaired) electrons. The number of nitrogens with zero attached hydrogens (tertiary/aromatic N) is 1. The van der Waals surface area contributed by atoms with Gasteiger partial charge in [-0.25, -0.2) is 4.79 Å². The molecule has 0 aliphatic carbocycles. The van der Waals surface area contributed by atoms with Gasteiger partial charge in [-0.3, -0.25) is 0 Å². The number of amides is 1. The van der Waals surface area contributed by atoms with E-state index in [0.717, 1.165) is 18.4 Å². The van der Waals surface area contributed by atoms with Crippen LogP contribution in [0, 0.1) is 0 Å². The third-order valence-electron chi connectivity index (χ3n) is 3.36. The normalized spacial score (nSPS) is 18.2. The van der Waals surface area contributed by atoms with E-state index >= 15 is 0 Å². The third-order valence-corrected chi connectivity index (χ3v) is 3.36. The molecular formula is C15H21NO4. The largest absolute Gasteiger partial charge is 0.445 e. The van der Waals surface area contributed by atoms with Crippen LogP contribution in [0.4, 0.5) is 4.79 Å². The first-order valence-electron chi connectivity index (χ1n) is 6.97. The topological polar surface area (TPSA) is 59.0 Å². The Bertz CT molecular complexity index is 410. The van der Waals surface area contributed by atoms with Crippen LogP contribution in [0.5, 0.6) is 0 Å². The Balaban J connectivity index is 1.78. The zero-order chi connectivity index (χ0) is 14.2. The summed E-state index contributed by atoms with van der Waals surface area (Å²) in [6.07, 6.45) is 1.60. The number of ether oxygens (including phenoxy) is 2. The van der Waals surface area contributed by atoms with E-state index in [1.54, 1.807) is 4.90 Å². The van der Waals surface area contributed by atoms with Crippen molar-refractivity contribution in [3.05, 3.63) is 35.9 Å². The molecule has 1 N–H and O–H groups in total. The SMILES string of the molecule is O=C(OCc1ccccc1)N1CCC[C@H]1COCCO. The second kappa shape index (κ2) is 7.87. The summed E-state index contributed by atoms with van der Waals surface area (Å²) in [5.41, 5.74) is 0.980. The monoisotopic (exact) mass is 279 g/mol. The number of hydrogen-bond donors (Lipinski definition) is 1. The standard InChI is InChI=1S/C15H21NO4/c17-9-10-19-12-14-7-4-8-16(14)15(18)20-11-13-5-2-1-3-6-13/h1-3,5-6,14,17H,4,7-12H2/t14-/m0/s1. The molecule has 1 fully saturated rings. The number of hydrogen-bond acceptors (Lipinski definition) is 4. The van der Waals surface area contributed by atoms with Crippen LogP contribution in [0.3, 0.4) is 0 Å². The van der Waals surface area contributed by atoms with Crippen LogP contribution in [0.25, 0.3) is 0 Å². The molecular weight excluding hydrogens is 258 g/mol. The van der Waals surface area contributed by atoms with Gasteiger partial charge in [-0.1, -0.05) is 30.3 Å². The van der Waals surface area contributed by atoms with Gasteiger partial charge in [0.1, 0.15) is 6.61 Å². The van der Waals surface area contributed by atoms with E-state index in [-0.39, 0.29) is 18.7 Å². The lowest BCUT2D eigenvalue weighted by atomic mass is 10.2. The molecule has 5 heteroatoms. The predicted molar refractivity (Wildman–Crippen MR) is 74.3 cm³/mol. The van der Waals surface area contributed by atoms with E-state index in [0.29, 0.717) is 26.4 Å². The predicted octanol–water partition coefficient (Wildman–Crippen LogP) is 1.80. The number of likely N-dealkylation sites (tertiary alicyclic amines) is 1. The van der Waals surface area contributed by atoms with E-state index in [9.17, 15) is 4.79 Å². The number of carbonyl (C=O) groups is 1. The number of rotatable bonds is 6. The molecule has 1 aromatic carbocycles. The maximum Gasteiger partial charge on any atom is 0.410 e. The summed E-state index contributed by atoms with van der Waals surface area (Å²) in [7, 11) is 0. The summed E-state index contributed by atoms with van der Waals surface area (Å²) in [4.78, 5) is 13.8. The van der Waals surface area contributed by atoms with Gasteiger partial charge in [0.15, 0.2) is 0 Å². The number of benzene rings is 1. The van der Waals surface area contributed by atoms with Gasteiger partial charge >= 0.3 is 6.09 Å². The van der Waals surface area contributed by atoms with Crippen molar-refractivity contribution in [3.8, 4) is 0 Å². The molecule has 1 heterocycles. The van der Waals surface area contributed by atoms with Gasteiger partial charge in [0, 0.05) is 6.54 Å². The van der Waals surface area contributed by atoms with Crippen LogP contribution in [0.2, 0.25) is 0 Å². The van der Waals surface area contributed by atoms with Crippen molar-refractivity contribution >= 4 is 6.09 Å². The van der Waals surface area contributed by atoms with Gasteiger partial charge < -0.3 is 19.5 Å². The molecule has 5 nitrogen and oxygen atoms in total. The second-order valence-electron chi connectivity index (χ2n) is 4.83. The molecule has 1 atom stereocenters. The fourth-order valence-electron chi connectivity index (χ4n) is 2.34. The second-order valence-corrected chi connectivity index (χ2v) is 4.83. The highest BCUT2D eigenvalue weighted by Gasteiger charge is 2.29. The van der Waals surface area contributed by atoms with E-state index in [1.807, 2.05) is 30.3 Å². The van der Waals surface area contributed by atoms with Crippen LogP contribution in [0.1, 0.15) is 18.4 Å². The maximum absolute atomic E-state index is 12.1. The fourth-order valence-corrected chi connectivity index (χ4v) is 2.34. The minimum atomic E-state index is -0.288. The molecule has 1 aliphatic heterocycles. The molecule has 0 bridgehead atoms. The molecule has 1 aromatic rings. The summed E-state index contributed by atoms with van der Waals surface area (Å²) in [6.45, 7) is 1.77. The zero-order valence-corrected chi connectivity index (χ0v) is 11.5. The molecule has 2 rings (SSSR count). The first kappa shape index (κ1) is 14.8. The Morgan fingerprint density at radius 2 is 2.15 bits per heavy atom. The Labute approximate surface area is 119 Å². The molecule has 0 unspecified atom stereocenters. The molecule has 0 saturated carbocycles. The molecule has 0 aromatic heterocycles. The van der Waals surface area contributed by atoms with Gasteiger partial charge in [-0.15, -0.1) is 0 Å². The average molecular weight is 279 g/mol. The molecule has 0 spiro atoms. The summed E-state index contributed by atoms with van der Waals surface area (Å²) < 4.78 is 10.6. The number of aliphatic hydroxyl groups is 1. The quantitative estimate of drug-likeness (QED) is 0.807. The van der Waals surface area contributed by atoms with Crippen LogP contribution < -0.4 is 0 Å². The maximum atomic E-state index is 12.1. The minimum Gasteiger partial charge on any atom is -0.445 e. The Hall–Kier alpha value is -1.59. The summed E-state index contributed by atoms with van der Waals surface area (Å²) in [5.74, 6) is 0. The summed E-state index contributed by atoms with van der Waals surface area (Å²) in [5, 5.41) is 8.70. The van der Waals surface area contributed by atoms with E-state index < -0.39 is 0 Å². The summed E-state index contributed by atoms with van der Waals surface area (Å²) in [6, 6.07) is 9.69.